The number of ether oxygens (including phenoxy) is 1. The van der Waals surface area contributed by atoms with Crippen LogP contribution in [0.5, 0.6) is 0 Å². The zero-order valence-electron chi connectivity index (χ0n) is 16.5. The third-order valence-corrected chi connectivity index (χ3v) is 6.85. The van der Waals surface area contributed by atoms with Crippen LogP contribution in [0, 0.1) is 27.9 Å². The fourth-order valence-corrected chi connectivity index (χ4v) is 5.44. The molecule has 7 nitrogen and oxygen atoms in total. The van der Waals surface area contributed by atoms with Crippen molar-refractivity contribution >= 4 is 22.3 Å². The van der Waals surface area contributed by atoms with Crippen molar-refractivity contribution < 1.29 is 19.2 Å². The highest BCUT2D eigenvalue weighted by Crippen LogP contribution is 2.50. The maximum Gasteiger partial charge on any atom is 0.270 e. The molecule has 2 unspecified atom stereocenters. The summed E-state index contributed by atoms with van der Waals surface area (Å²) in [5.74, 6) is 1.91. The molecule has 2 aliphatic carbocycles. The number of non-ortho nitro benzene ring substituents is 1. The van der Waals surface area contributed by atoms with E-state index in [0.717, 1.165) is 23.9 Å². The fraction of sp³-hybridized carbons (Fsp3) is 0.545. The van der Waals surface area contributed by atoms with E-state index in [4.69, 9.17) is 9.15 Å². The van der Waals surface area contributed by atoms with Gasteiger partial charge in [0.1, 0.15) is 11.3 Å². The van der Waals surface area contributed by atoms with Gasteiger partial charge in [-0.15, -0.1) is 0 Å². The van der Waals surface area contributed by atoms with E-state index in [9.17, 15) is 15.2 Å². The van der Waals surface area contributed by atoms with Crippen LogP contribution in [-0.4, -0.2) is 41.9 Å². The molecule has 1 N–H and O–H groups in total. The summed E-state index contributed by atoms with van der Waals surface area (Å²) in [6.07, 6.45) is 7.05. The van der Waals surface area contributed by atoms with Crippen LogP contribution >= 0.6 is 0 Å². The average molecular weight is 398 g/mol. The molecule has 1 aromatic carbocycles. The molecule has 2 bridgehead atoms. The lowest BCUT2D eigenvalue weighted by molar-refractivity contribution is -0.384. The highest BCUT2D eigenvalue weighted by atomic mass is 16.6. The number of nitro groups is 1. The van der Waals surface area contributed by atoms with Crippen molar-refractivity contribution in [1.29, 1.82) is 0 Å². The number of allylic oxidation sites excluding steroid dienone is 2. The van der Waals surface area contributed by atoms with Gasteiger partial charge in [0, 0.05) is 31.6 Å². The monoisotopic (exact) mass is 398 g/mol. The second-order valence-electron chi connectivity index (χ2n) is 8.83. The standard InChI is InChI=1S/C22H26N2O5/c1-22(25,18-11-14-2-3-15(18)10-14)13-20-21(23-6-8-28-9-7-23)17-12-16(24(26)27)4-5-19(17)29-20/h2-5,12,14-15,18,25H,6-11,13H2,1H3/t14-,15+,18?,22?/m1/s1. The SMILES string of the molecule is CC(O)(Cc1oc2ccc([N+](=O)[O-])cc2c1N1CCOCC1)C1C[C@@H]2C=C[C@H]1C2. The minimum absolute atomic E-state index is 0.0457. The highest BCUT2D eigenvalue weighted by molar-refractivity contribution is 5.94. The first-order valence-electron chi connectivity index (χ1n) is 10.4. The minimum Gasteiger partial charge on any atom is -0.459 e. The van der Waals surface area contributed by atoms with Crippen molar-refractivity contribution in [1.82, 2.24) is 0 Å². The fourth-order valence-electron chi connectivity index (χ4n) is 5.44. The Morgan fingerprint density at radius 3 is 2.72 bits per heavy atom. The van der Waals surface area contributed by atoms with Crippen molar-refractivity contribution in [2.75, 3.05) is 31.2 Å². The number of nitro benzene ring substituents is 1. The zero-order chi connectivity index (χ0) is 20.2. The first-order chi connectivity index (χ1) is 13.9. The van der Waals surface area contributed by atoms with Gasteiger partial charge in [0.15, 0.2) is 0 Å². The summed E-state index contributed by atoms with van der Waals surface area (Å²) in [4.78, 5) is 13.1. The van der Waals surface area contributed by atoms with Gasteiger partial charge in [0.05, 0.1) is 34.8 Å². The molecule has 5 rings (SSSR count). The lowest BCUT2D eigenvalue weighted by atomic mass is 9.77. The molecule has 0 spiro atoms. The Labute approximate surface area is 169 Å². The first-order valence-corrected chi connectivity index (χ1v) is 10.4. The molecule has 0 amide bonds. The van der Waals surface area contributed by atoms with Crippen molar-refractivity contribution in [3.8, 4) is 0 Å². The molecular formula is C22H26N2O5. The summed E-state index contributed by atoms with van der Waals surface area (Å²) >= 11 is 0. The van der Waals surface area contributed by atoms with Gasteiger partial charge in [0.2, 0.25) is 0 Å². The van der Waals surface area contributed by atoms with E-state index < -0.39 is 5.60 Å². The summed E-state index contributed by atoms with van der Waals surface area (Å²) < 4.78 is 11.7. The maximum atomic E-state index is 11.4. The summed E-state index contributed by atoms with van der Waals surface area (Å²) in [7, 11) is 0. The van der Waals surface area contributed by atoms with Gasteiger partial charge >= 0.3 is 0 Å². The van der Waals surface area contributed by atoms with Crippen LogP contribution in [0.3, 0.4) is 0 Å². The number of morpholine rings is 1. The maximum absolute atomic E-state index is 11.4. The number of fused-ring (bicyclic) bond motifs is 3. The summed E-state index contributed by atoms with van der Waals surface area (Å²) in [6.45, 7) is 4.51. The third kappa shape index (κ3) is 3.22. The molecule has 1 saturated carbocycles. The van der Waals surface area contributed by atoms with Crippen LogP contribution in [0.4, 0.5) is 11.4 Å². The number of furan rings is 1. The lowest BCUT2D eigenvalue weighted by Gasteiger charge is -2.35. The van der Waals surface area contributed by atoms with Crippen molar-refractivity contribution in [3.63, 3.8) is 0 Å². The molecule has 1 saturated heterocycles. The number of nitrogens with zero attached hydrogens (tertiary/aromatic N) is 2. The first kappa shape index (κ1) is 18.6. The van der Waals surface area contributed by atoms with Crippen LogP contribution in [-0.2, 0) is 11.2 Å². The molecule has 29 heavy (non-hydrogen) atoms. The Kier molecular flexibility index (Phi) is 4.40. The van der Waals surface area contributed by atoms with Gasteiger partial charge in [-0.3, -0.25) is 10.1 Å². The quantitative estimate of drug-likeness (QED) is 0.469. The van der Waals surface area contributed by atoms with Gasteiger partial charge in [-0.05, 0) is 43.6 Å². The number of rotatable bonds is 5. The summed E-state index contributed by atoms with van der Waals surface area (Å²) in [5.41, 5.74) is 0.636. The zero-order valence-corrected chi connectivity index (χ0v) is 16.5. The van der Waals surface area contributed by atoms with E-state index in [0.29, 0.717) is 55.9 Å². The van der Waals surface area contributed by atoms with Gasteiger partial charge in [0.25, 0.3) is 5.69 Å². The van der Waals surface area contributed by atoms with Gasteiger partial charge in [-0.1, -0.05) is 12.2 Å². The van der Waals surface area contributed by atoms with Crippen molar-refractivity contribution in [3.05, 3.63) is 46.2 Å². The molecule has 0 radical (unpaired) electrons. The molecule has 154 valence electrons. The van der Waals surface area contributed by atoms with Crippen LogP contribution in [0.1, 0.15) is 25.5 Å². The lowest BCUT2D eigenvalue weighted by Crippen LogP contribution is -2.40. The summed E-state index contributed by atoms with van der Waals surface area (Å²) in [5, 5.41) is 23.5. The second kappa shape index (κ2) is 6.85. The molecule has 4 atom stereocenters. The molecule has 3 aliphatic rings. The molecule has 2 aromatic rings. The van der Waals surface area contributed by atoms with E-state index in [-0.39, 0.29) is 16.5 Å². The molecule has 1 aromatic heterocycles. The van der Waals surface area contributed by atoms with Crippen LogP contribution in [0.15, 0.2) is 34.8 Å². The normalized spacial score (nSPS) is 28.2. The Bertz CT molecular complexity index is 973. The van der Waals surface area contributed by atoms with E-state index in [2.05, 4.69) is 17.1 Å². The van der Waals surface area contributed by atoms with E-state index in [1.807, 2.05) is 6.92 Å². The minimum atomic E-state index is -0.898. The number of benzene rings is 1. The van der Waals surface area contributed by atoms with Gasteiger partial charge < -0.3 is 19.2 Å². The number of anilines is 1. The van der Waals surface area contributed by atoms with Gasteiger partial charge in [-0.25, -0.2) is 0 Å². The largest absolute Gasteiger partial charge is 0.459 e. The van der Waals surface area contributed by atoms with E-state index >= 15 is 0 Å². The smallest absolute Gasteiger partial charge is 0.270 e. The number of hydrogen-bond donors (Lipinski definition) is 1. The van der Waals surface area contributed by atoms with E-state index in [1.165, 1.54) is 6.07 Å². The Hall–Kier alpha value is -2.38. The summed E-state index contributed by atoms with van der Waals surface area (Å²) in [6, 6.07) is 4.72. The highest BCUT2D eigenvalue weighted by Gasteiger charge is 2.46. The number of hydrogen-bond acceptors (Lipinski definition) is 6. The van der Waals surface area contributed by atoms with E-state index in [1.54, 1.807) is 12.1 Å². The van der Waals surface area contributed by atoms with Crippen LogP contribution in [0.25, 0.3) is 11.0 Å². The predicted molar refractivity (Wildman–Crippen MR) is 109 cm³/mol. The Balaban J connectivity index is 1.55. The molecule has 2 heterocycles. The average Bonchev–Trinajstić information content (AvgIpc) is 3.41. The number of aliphatic hydroxyl groups is 1. The molecular weight excluding hydrogens is 372 g/mol. The van der Waals surface area contributed by atoms with Crippen molar-refractivity contribution in [2.45, 2.75) is 31.8 Å². The Morgan fingerprint density at radius 1 is 1.28 bits per heavy atom. The third-order valence-electron chi connectivity index (χ3n) is 6.85. The second-order valence-corrected chi connectivity index (χ2v) is 8.83. The Morgan fingerprint density at radius 2 is 2.07 bits per heavy atom. The van der Waals surface area contributed by atoms with Crippen LogP contribution < -0.4 is 4.90 Å². The topological polar surface area (TPSA) is 89.0 Å². The van der Waals surface area contributed by atoms with Crippen molar-refractivity contribution in [2.24, 2.45) is 17.8 Å². The molecule has 2 fully saturated rings. The van der Waals surface area contributed by atoms with Crippen LogP contribution in [0.2, 0.25) is 0 Å². The van der Waals surface area contributed by atoms with Gasteiger partial charge in [-0.2, -0.15) is 0 Å². The predicted octanol–water partition coefficient (Wildman–Crippen LogP) is 3.68. The molecule has 1 aliphatic heterocycles. The molecule has 7 heteroatoms.